The van der Waals surface area contributed by atoms with E-state index in [4.69, 9.17) is 0 Å². The molecule has 2 nitrogen and oxygen atoms in total. The summed E-state index contributed by atoms with van der Waals surface area (Å²) in [7, 11) is 0. The summed E-state index contributed by atoms with van der Waals surface area (Å²) >= 11 is 1.51. The maximum atomic E-state index is 14.2. The van der Waals surface area contributed by atoms with Gasteiger partial charge in [0.05, 0.1) is 6.04 Å². The Labute approximate surface area is 137 Å². The van der Waals surface area contributed by atoms with Gasteiger partial charge in [-0.3, -0.25) is 4.90 Å². The van der Waals surface area contributed by atoms with Gasteiger partial charge in [0.25, 0.3) is 0 Å². The molecule has 0 saturated carbocycles. The highest BCUT2D eigenvalue weighted by Gasteiger charge is 2.28. The van der Waals surface area contributed by atoms with Gasteiger partial charge in [-0.1, -0.05) is 6.07 Å². The second kappa shape index (κ2) is 7.46. The van der Waals surface area contributed by atoms with Gasteiger partial charge in [0, 0.05) is 31.7 Å². The van der Waals surface area contributed by atoms with Crippen LogP contribution in [0.4, 0.5) is 13.2 Å². The minimum absolute atomic E-state index is 0. The summed E-state index contributed by atoms with van der Waals surface area (Å²) in [6.45, 7) is 3.07. The second-order valence-electron chi connectivity index (χ2n) is 5.01. The maximum absolute atomic E-state index is 14.2. The Bertz CT molecular complexity index is 616. The molecule has 2 heterocycles. The highest BCUT2D eigenvalue weighted by molar-refractivity contribution is 7.08. The molecule has 1 aliphatic rings. The molecule has 7 heteroatoms. The Morgan fingerprint density at radius 2 is 1.77 bits per heavy atom. The van der Waals surface area contributed by atoms with Gasteiger partial charge in [-0.2, -0.15) is 11.3 Å². The summed E-state index contributed by atoms with van der Waals surface area (Å²) < 4.78 is 41.0. The van der Waals surface area contributed by atoms with Crippen molar-refractivity contribution in [2.24, 2.45) is 0 Å². The third-order valence-electron chi connectivity index (χ3n) is 3.74. The fraction of sp³-hybridized carbons (Fsp3) is 0.333. The lowest BCUT2D eigenvalue weighted by Gasteiger charge is -2.35. The summed E-state index contributed by atoms with van der Waals surface area (Å²) in [5, 5.41) is 7.06. The Morgan fingerprint density at radius 3 is 2.41 bits per heavy atom. The first-order chi connectivity index (χ1) is 10.2. The molecular weight excluding hydrogens is 333 g/mol. The van der Waals surface area contributed by atoms with E-state index in [0.717, 1.165) is 37.8 Å². The van der Waals surface area contributed by atoms with Crippen LogP contribution in [-0.4, -0.2) is 31.1 Å². The second-order valence-corrected chi connectivity index (χ2v) is 5.79. The Kier molecular flexibility index (Phi) is 5.86. The van der Waals surface area contributed by atoms with Gasteiger partial charge in [0.15, 0.2) is 17.5 Å². The van der Waals surface area contributed by atoms with Crippen molar-refractivity contribution in [2.45, 2.75) is 6.04 Å². The van der Waals surface area contributed by atoms with Crippen molar-refractivity contribution < 1.29 is 13.2 Å². The summed E-state index contributed by atoms with van der Waals surface area (Å²) in [6, 6.07) is 3.86. The minimum atomic E-state index is -1.40. The van der Waals surface area contributed by atoms with Crippen molar-refractivity contribution >= 4 is 23.7 Å². The van der Waals surface area contributed by atoms with E-state index in [1.54, 1.807) is 0 Å². The Hall–Kier alpha value is -1.08. The lowest BCUT2D eigenvalue weighted by Crippen LogP contribution is -2.45. The zero-order valence-electron chi connectivity index (χ0n) is 11.7. The third kappa shape index (κ3) is 3.30. The van der Waals surface area contributed by atoms with Gasteiger partial charge in [-0.25, -0.2) is 13.2 Å². The molecule has 1 N–H and O–H groups in total. The average molecular weight is 349 g/mol. The lowest BCUT2D eigenvalue weighted by molar-refractivity contribution is 0.194. The summed E-state index contributed by atoms with van der Waals surface area (Å²) in [5.41, 5.74) is 1.10. The van der Waals surface area contributed by atoms with Crippen LogP contribution >= 0.6 is 23.7 Å². The van der Waals surface area contributed by atoms with Crippen molar-refractivity contribution in [1.82, 2.24) is 10.2 Å². The average Bonchev–Trinajstić information content (AvgIpc) is 3.03. The standard InChI is InChI=1S/C15H15F3N2S.ClH/c16-12-2-1-11(13(17)14(12)18)15(10-3-8-21-9-10)20-6-4-19-5-7-20;/h1-3,8-9,15,19H,4-7H2;1H/t15-;/m0./s1. The van der Waals surface area contributed by atoms with Crippen molar-refractivity contribution in [3.8, 4) is 0 Å². The highest BCUT2D eigenvalue weighted by atomic mass is 35.5. The Morgan fingerprint density at radius 1 is 1.05 bits per heavy atom. The molecular formula is C15H16ClF3N2S. The minimum Gasteiger partial charge on any atom is -0.314 e. The van der Waals surface area contributed by atoms with Gasteiger partial charge >= 0.3 is 0 Å². The molecule has 0 bridgehead atoms. The predicted octanol–water partition coefficient (Wildman–Crippen LogP) is 3.58. The number of hydrogen-bond donors (Lipinski definition) is 1. The molecule has 1 aliphatic heterocycles. The number of rotatable bonds is 3. The van der Waals surface area contributed by atoms with Crippen molar-refractivity contribution in [3.05, 3.63) is 57.5 Å². The zero-order chi connectivity index (χ0) is 14.8. The Balaban J connectivity index is 0.00000176. The number of halogens is 4. The molecule has 0 unspecified atom stereocenters. The van der Waals surface area contributed by atoms with Crippen LogP contribution < -0.4 is 5.32 Å². The van der Waals surface area contributed by atoms with Crippen molar-refractivity contribution in [1.29, 1.82) is 0 Å². The molecule has 1 atom stereocenters. The normalized spacial score (nSPS) is 17.0. The number of benzene rings is 1. The largest absolute Gasteiger partial charge is 0.314 e. The van der Waals surface area contributed by atoms with E-state index in [0.29, 0.717) is 0 Å². The van der Waals surface area contributed by atoms with Crippen LogP contribution in [0.15, 0.2) is 29.0 Å². The van der Waals surface area contributed by atoms with Gasteiger partial charge in [-0.15, -0.1) is 12.4 Å². The third-order valence-corrected chi connectivity index (χ3v) is 4.44. The van der Waals surface area contributed by atoms with Crippen LogP contribution in [0, 0.1) is 17.5 Å². The molecule has 0 amide bonds. The zero-order valence-corrected chi connectivity index (χ0v) is 13.3. The number of thiophene rings is 1. The lowest BCUT2D eigenvalue weighted by atomic mass is 9.98. The number of hydrogen-bond acceptors (Lipinski definition) is 3. The molecule has 0 radical (unpaired) electrons. The van der Waals surface area contributed by atoms with E-state index in [1.807, 2.05) is 16.8 Å². The van der Waals surface area contributed by atoms with Crippen LogP contribution in [0.25, 0.3) is 0 Å². The topological polar surface area (TPSA) is 15.3 Å². The summed E-state index contributed by atoms with van der Waals surface area (Å²) in [4.78, 5) is 2.09. The van der Waals surface area contributed by atoms with Gasteiger partial charge in [0.1, 0.15) is 0 Å². The molecule has 1 aromatic heterocycles. The van der Waals surface area contributed by atoms with Crippen LogP contribution in [0.3, 0.4) is 0 Å². The summed E-state index contributed by atoms with van der Waals surface area (Å²) in [5.74, 6) is -3.65. The first-order valence-electron chi connectivity index (χ1n) is 6.78. The quantitative estimate of drug-likeness (QED) is 0.853. The van der Waals surface area contributed by atoms with Gasteiger partial charge in [0.2, 0.25) is 0 Å². The van der Waals surface area contributed by atoms with E-state index in [9.17, 15) is 13.2 Å². The summed E-state index contributed by atoms with van der Waals surface area (Å²) in [6.07, 6.45) is 0. The van der Waals surface area contributed by atoms with Gasteiger partial charge < -0.3 is 5.32 Å². The molecule has 1 fully saturated rings. The van der Waals surface area contributed by atoms with E-state index in [1.165, 1.54) is 17.4 Å². The molecule has 0 aliphatic carbocycles. The van der Waals surface area contributed by atoms with Crippen molar-refractivity contribution in [2.75, 3.05) is 26.2 Å². The SMILES string of the molecule is Cl.Fc1ccc([C@H](c2ccsc2)N2CCNCC2)c(F)c1F. The first-order valence-corrected chi connectivity index (χ1v) is 7.73. The van der Waals surface area contributed by atoms with E-state index < -0.39 is 17.5 Å². The van der Waals surface area contributed by atoms with Crippen LogP contribution in [0.2, 0.25) is 0 Å². The smallest absolute Gasteiger partial charge is 0.194 e. The number of nitrogens with one attached hydrogen (secondary N) is 1. The molecule has 0 spiro atoms. The van der Waals surface area contributed by atoms with E-state index in [2.05, 4.69) is 10.2 Å². The monoisotopic (exact) mass is 348 g/mol. The highest BCUT2D eigenvalue weighted by Crippen LogP contribution is 2.33. The van der Waals surface area contributed by atoms with Crippen LogP contribution in [-0.2, 0) is 0 Å². The van der Waals surface area contributed by atoms with Gasteiger partial charge in [-0.05, 0) is 28.5 Å². The molecule has 1 aromatic carbocycles. The predicted molar refractivity (Wildman–Crippen MR) is 84.2 cm³/mol. The fourth-order valence-corrected chi connectivity index (χ4v) is 3.39. The molecule has 120 valence electrons. The van der Waals surface area contributed by atoms with Crippen LogP contribution in [0.1, 0.15) is 17.2 Å². The van der Waals surface area contributed by atoms with E-state index >= 15 is 0 Å². The fourth-order valence-electron chi connectivity index (χ4n) is 2.71. The molecule has 3 rings (SSSR count). The molecule has 2 aromatic rings. The molecule has 22 heavy (non-hydrogen) atoms. The number of nitrogens with zero attached hydrogens (tertiary/aromatic N) is 1. The maximum Gasteiger partial charge on any atom is 0.194 e. The first kappa shape index (κ1) is 17.3. The molecule has 1 saturated heterocycles. The van der Waals surface area contributed by atoms with Crippen molar-refractivity contribution in [3.63, 3.8) is 0 Å². The van der Waals surface area contributed by atoms with E-state index in [-0.39, 0.29) is 24.0 Å². The van der Waals surface area contributed by atoms with Crippen LogP contribution in [0.5, 0.6) is 0 Å². The number of piperazine rings is 1.